The smallest absolute Gasteiger partial charge is 0.226 e. The molecular weight excluding hydrogens is 309 g/mol. The molecule has 1 aliphatic rings. The lowest BCUT2D eigenvalue weighted by Gasteiger charge is -2.20. The van der Waals surface area contributed by atoms with Crippen LogP contribution in [0.2, 0.25) is 0 Å². The summed E-state index contributed by atoms with van der Waals surface area (Å²) in [5.41, 5.74) is 2.53. The van der Waals surface area contributed by atoms with Crippen molar-refractivity contribution in [1.82, 2.24) is 15.0 Å². The Kier molecular flexibility index (Phi) is 3.90. The number of benzene rings is 1. The van der Waals surface area contributed by atoms with E-state index in [-0.39, 0.29) is 11.9 Å². The van der Waals surface area contributed by atoms with Gasteiger partial charge in [0.2, 0.25) is 5.89 Å². The third-order valence-electron chi connectivity index (χ3n) is 4.35. The molecule has 0 aliphatic carbocycles. The minimum absolute atomic E-state index is 0.233. The van der Waals surface area contributed by atoms with Gasteiger partial charge in [0, 0.05) is 18.2 Å². The lowest BCUT2D eigenvalue weighted by Crippen LogP contribution is -2.22. The second kappa shape index (κ2) is 6.20. The fourth-order valence-electron chi connectivity index (χ4n) is 3.19. The largest absolute Gasteiger partial charge is 0.444 e. The van der Waals surface area contributed by atoms with Crippen LogP contribution in [0.4, 0.5) is 4.39 Å². The maximum absolute atomic E-state index is 13.0. The van der Waals surface area contributed by atoms with Gasteiger partial charge in [-0.2, -0.15) is 0 Å². The van der Waals surface area contributed by atoms with Crippen LogP contribution in [0.3, 0.4) is 0 Å². The van der Waals surface area contributed by atoms with Crippen molar-refractivity contribution in [2.75, 3.05) is 6.54 Å². The average Bonchev–Trinajstić information content (AvgIpc) is 3.30. The zero-order chi connectivity index (χ0) is 16.5. The monoisotopic (exact) mass is 327 g/mol. The van der Waals surface area contributed by atoms with E-state index in [1.165, 1.54) is 12.1 Å². The minimum Gasteiger partial charge on any atom is -0.444 e. The molecule has 0 amide bonds. The van der Waals surface area contributed by atoms with Crippen LogP contribution in [-0.4, -0.2) is 21.6 Å². The Balaban J connectivity index is 1.50. The van der Waals surface area contributed by atoms with Gasteiger partial charge in [0.1, 0.15) is 12.1 Å². The molecule has 1 saturated heterocycles. The molecule has 0 unspecified atom stereocenters. The highest BCUT2D eigenvalue weighted by Gasteiger charge is 2.29. The summed E-state index contributed by atoms with van der Waals surface area (Å²) in [4.78, 5) is 6.86. The number of rotatable bonds is 4. The highest BCUT2D eigenvalue weighted by molar-refractivity contribution is 5.52. The number of nitrogens with zero attached hydrogens (tertiary/aromatic N) is 3. The van der Waals surface area contributed by atoms with E-state index in [0.29, 0.717) is 12.4 Å². The summed E-state index contributed by atoms with van der Waals surface area (Å²) in [5, 5.41) is 3.99. The fraction of sp³-hybridized carbons (Fsp3) is 0.333. The highest BCUT2D eigenvalue weighted by atomic mass is 19.1. The van der Waals surface area contributed by atoms with Crippen LogP contribution in [-0.2, 0) is 6.54 Å². The Bertz CT molecular complexity index is 825. The van der Waals surface area contributed by atoms with E-state index in [2.05, 4.69) is 15.0 Å². The molecule has 1 aromatic carbocycles. The van der Waals surface area contributed by atoms with E-state index in [9.17, 15) is 4.39 Å². The van der Waals surface area contributed by atoms with Gasteiger partial charge < -0.3 is 8.94 Å². The van der Waals surface area contributed by atoms with Crippen LogP contribution >= 0.6 is 0 Å². The van der Waals surface area contributed by atoms with E-state index < -0.39 is 0 Å². The zero-order valence-corrected chi connectivity index (χ0v) is 13.4. The number of oxazole rings is 1. The van der Waals surface area contributed by atoms with E-state index in [0.717, 1.165) is 42.1 Å². The molecule has 2 aromatic heterocycles. The molecule has 0 N–H and O–H groups in total. The minimum atomic E-state index is -0.271. The Morgan fingerprint density at radius 2 is 2.12 bits per heavy atom. The number of aromatic nitrogens is 2. The van der Waals surface area contributed by atoms with Gasteiger partial charge in [0.15, 0.2) is 5.76 Å². The molecule has 4 rings (SSSR count). The number of likely N-dealkylation sites (tertiary alicyclic amines) is 1. The SMILES string of the molecule is Cc1cc([C@@H]2CCCN2Cc2coc(-c3ccc(F)cc3)n2)on1. The first-order valence-corrected chi connectivity index (χ1v) is 8.06. The third kappa shape index (κ3) is 2.97. The summed E-state index contributed by atoms with van der Waals surface area (Å²) < 4.78 is 24.0. The van der Waals surface area contributed by atoms with Gasteiger partial charge in [0.05, 0.1) is 17.4 Å². The summed E-state index contributed by atoms with van der Waals surface area (Å²) >= 11 is 0. The second-order valence-electron chi connectivity index (χ2n) is 6.15. The van der Waals surface area contributed by atoms with Gasteiger partial charge in [-0.1, -0.05) is 5.16 Å². The van der Waals surface area contributed by atoms with Crippen LogP contribution in [0.1, 0.15) is 36.0 Å². The molecule has 1 aliphatic heterocycles. The summed E-state index contributed by atoms with van der Waals surface area (Å²) in [5.74, 6) is 1.15. The van der Waals surface area contributed by atoms with Crippen molar-refractivity contribution < 1.29 is 13.3 Å². The van der Waals surface area contributed by atoms with E-state index in [1.54, 1.807) is 18.4 Å². The topological polar surface area (TPSA) is 55.3 Å². The fourth-order valence-corrected chi connectivity index (χ4v) is 3.19. The number of aryl methyl sites for hydroxylation is 1. The van der Waals surface area contributed by atoms with Crippen LogP contribution in [0.15, 0.2) is 45.5 Å². The molecule has 6 heteroatoms. The van der Waals surface area contributed by atoms with Crippen LogP contribution < -0.4 is 0 Å². The lowest BCUT2D eigenvalue weighted by molar-refractivity contribution is 0.204. The van der Waals surface area contributed by atoms with Crippen molar-refractivity contribution in [3.05, 3.63) is 59.6 Å². The lowest BCUT2D eigenvalue weighted by atomic mass is 10.1. The maximum atomic E-state index is 13.0. The molecule has 5 nitrogen and oxygen atoms in total. The molecule has 0 spiro atoms. The molecule has 124 valence electrons. The summed E-state index contributed by atoms with van der Waals surface area (Å²) in [6.45, 7) is 3.61. The highest BCUT2D eigenvalue weighted by Crippen LogP contribution is 2.33. The van der Waals surface area contributed by atoms with Crippen molar-refractivity contribution in [2.24, 2.45) is 0 Å². The van der Waals surface area contributed by atoms with Crippen molar-refractivity contribution in [1.29, 1.82) is 0 Å². The summed E-state index contributed by atoms with van der Waals surface area (Å²) in [6, 6.07) is 8.37. The molecule has 3 heterocycles. The van der Waals surface area contributed by atoms with Crippen molar-refractivity contribution in [3.63, 3.8) is 0 Å². The van der Waals surface area contributed by atoms with Gasteiger partial charge >= 0.3 is 0 Å². The van der Waals surface area contributed by atoms with Crippen molar-refractivity contribution in [2.45, 2.75) is 32.4 Å². The van der Waals surface area contributed by atoms with Crippen LogP contribution in [0.25, 0.3) is 11.5 Å². The van der Waals surface area contributed by atoms with Gasteiger partial charge in [0.25, 0.3) is 0 Å². The number of hydrogen-bond donors (Lipinski definition) is 0. The molecule has 0 saturated carbocycles. The maximum Gasteiger partial charge on any atom is 0.226 e. The molecule has 3 aromatic rings. The Morgan fingerprint density at radius 1 is 1.29 bits per heavy atom. The van der Waals surface area contributed by atoms with Crippen molar-refractivity contribution >= 4 is 0 Å². The van der Waals surface area contributed by atoms with Gasteiger partial charge in [-0.25, -0.2) is 9.37 Å². The van der Waals surface area contributed by atoms with E-state index in [1.807, 2.05) is 13.0 Å². The Hall–Kier alpha value is -2.47. The molecule has 24 heavy (non-hydrogen) atoms. The van der Waals surface area contributed by atoms with E-state index in [4.69, 9.17) is 8.94 Å². The number of halogens is 1. The quantitative estimate of drug-likeness (QED) is 0.721. The Labute approximate surface area is 139 Å². The molecule has 0 radical (unpaired) electrons. The summed E-state index contributed by atoms with van der Waals surface area (Å²) in [7, 11) is 0. The van der Waals surface area contributed by atoms with Crippen molar-refractivity contribution in [3.8, 4) is 11.5 Å². The average molecular weight is 327 g/mol. The summed E-state index contributed by atoms with van der Waals surface area (Å²) in [6.07, 6.45) is 3.84. The normalized spacial score (nSPS) is 18.3. The standard InChI is InChI=1S/C18H18FN3O2/c1-12-9-17(24-21-12)16-3-2-8-22(16)10-15-11-23-18(20-15)13-4-6-14(19)7-5-13/h4-7,9,11,16H,2-3,8,10H2,1H3/t16-/m0/s1. The second-order valence-corrected chi connectivity index (χ2v) is 6.15. The van der Waals surface area contributed by atoms with Gasteiger partial charge in [-0.05, 0) is 50.6 Å². The first-order chi connectivity index (χ1) is 11.7. The van der Waals surface area contributed by atoms with Gasteiger partial charge in [-0.15, -0.1) is 0 Å². The molecule has 1 fully saturated rings. The van der Waals surface area contributed by atoms with Gasteiger partial charge in [-0.3, -0.25) is 4.90 Å². The van der Waals surface area contributed by atoms with Crippen LogP contribution in [0.5, 0.6) is 0 Å². The third-order valence-corrected chi connectivity index (χ3v) is 4.35. The molecule has 1 atom stereocenters. The number of hydrogen-bond acceptors (Lipinski definition) is 5. The predicted molar refractivity (Wildman–Crippen MR) is 85.5 cm³/mol. The zero-order valence-electron chi connectivity index (χ0n) is 13.4. The molecular formula is C18H18FN3O2. The first-order valence-electron chi connectivity index (χ1n) is 8.06. The Morgan fingerprint density at radius 3 is 2.88 bits per heavy atom. The van der Waals surface area contributed by atoms with E-state index >= 15 is 0 Å². The first kappa shape index (κ1) is 15.1. The predicted octanol–water partition coefficient (Wildman–Crippen LogP) is 4.11. The molecule has 0 bridgehead atoms. The van der Waals surface area contributed by atoms with Crippen LogP contribution in [0, 0.1) is 12.7 Å².